The third-order valence-electron chi connectivity index (χ3n) is 7.86. The van der Waals surface area contributed by atoms with E-state index in [0.717, 1.165) is 23.1 Å². The van der Waals surface area contributed by atoms with Crippen LogP contribution in [0.2, 0.25) is 0 Å². The van der Waals surface area contributed by atoms with Gasteiger partial charge >= 0.3 is 24.6 Å². The number of halogens is 7. The first-order valence-electron chi connectivity index (χ1n) is 14.2. The van der Waals surface area contributed by atoms with Crippen LogP contribution in [0.3, 0.4) is 0 Å². The number of benzene rings is 2. The van der Waals surface area contributed by atoms with Crippen LogP contribution in [-0.2, 0) is 31.8 Å². The van der Waals surface area contributed by atoms with Gasteiger partial charge in [0.05, 0.1) is 24.8 Å². The van der Waals surface area contributed by atoms with Gasteiger partial charge in [-0.15, -0.1) is 13.2 Å². The zero-order valence-electron chi connectivity index (χ0n) is 24.3. The summed E-state index contributed by atoms with van der Waals surface area (Å²) in [5.41, 5.74) is -1.43. The molecule has 2 aromatic rings. The zero-order valence-corrected chi connectivity index (χ0v) is 24.3. The molecule has 0 bridgehead atoms. The number of nitrogens with one attached hydrogen (secondary N) is 1. The Balaban J connectivity index is 1.52. The number of alkyl halides is 6. The molecule has 2 amide bonds. The number of nitrogens with zero attached hydrogens (tertiary/aromatic N) is 1. The minimum absolute atomic E-state index is 0.0285. The lowest BCUT2D eigenvalue weighted by Crippen LogP contribution is -2.32. The number of amides is 2. The second kappa shape index (κ2) is 13.5. The number of esters is 1. The van der Waals surface area contributed by atoms with E-state index in [9.17, 15) is 45.1 Å². The lowest BCUT2D eigenvalue weighted by atomic mass is 9.80. The zero-order chi connectivity index (χ0) is 33.1. The van der Waals surface area contributed by atoms with Crippen LogP contribution >= 0.6 is 0 Å². The summed E-state index contributed by atoms with van der Waals surface area (Å²) in [5.74, 6) is -2.94. The van der Waals surface area contributed by atoms with Gasteiger partial charge in [0.2, 0.25) is 5.91 Å². The van der Waals surface area contributed by atoms with E-state index in [0.29, 0.717) is 37.8 Å². The summed E-state index contributed by atoms with van der Waals surface area (Å²) in [4.78, 5) is 38.8. The molecule has 1 aliphatic heterocycles. The fourth-order valence-corrected chi connectivity index (χ4v) is 5.62. The van der Waals surface area contributed by atoms with Gasteiger partial charge in [0.15, 0.2) is 0 Å². The molecule has 2 aromatic carbocycles. The van der Waals surface area contributed by atoms with Crippen LogP contribution < -0.4 is 10.1 Å². The Labute approximate surface area is 253 Å². The molecule has 1 saturated carbocycles. The second-order valence-corrected chi connectivity index (χ2v) is 11.0. The van der Waals surface area contributed by atoms with E-state index in [2.05, 4.69) is 10.1 Å². The summed E-state index contributed by atoms with van der Waals surface area (Å²) in [7, 11) is 0. The number of hydrogen-bond donors (Lipinski definition) is 1. The summed E-state index contributed by atoms with van der Waals surface area (Å²) in [6, 6.07) is 3.94. The number of anilines is 1. The lowest BCUT2D eigenvalue weighted by molar-refractivity contribution is -0.274. The van der Waals surface area contributed by atoms with Gasteiger partial charge in [0.1, 0.15) is 17.7 Å². The molecule has 4 rings (SSSR count). The van der Waals surface area contributed by atoms with Gasteiger partial charge in [-0.25, -0.2) is 9.18 Å². The van der Waals surface area contributed by atoms with Crippen LogP contribution in [0.15, 0.2) is 36.4 Å². The Hall–Kier alpha value is -4.04. The van der Waals surface area contributed by atoms with Crippen LogP contribution in [-0.4, -0.2) is 41.9 Å². The van der Waals surface area contributed by atoms with E-state index in [1.165, 1.54) is 13.0 Å². The maximum Gasteiger partial charge on any atom is 0.573 e. The highest BCUT2D eigenvalue weighted by atomic mass is 19.4. The number of ether oxygens (including phenoxy) is 3. The molecule has 0 unspecified atom stereocenters. The molecule has 1 N–H and O–H groups in total. The first-order valence-corrected chi connectivity index (χ1v) is 14.2. The highest BCUT2D eigenvalue weighted by Crippen LogP contribution is 2.39. The summed E-state index contributed by atoms with van der Waals surface area (Å²) in [6.45, 7) is 2.98. The quantitative estimate of drug-likeness (QED) is 0.223. The van der Waals surface area contributed by atoms with Gasteiger partial charge in [-0.1, -0.05) is 0 Å². The molecule has 0 spiro atoms. The minimum atomic E-state index is -5.04. The molecule has 1 aliphatic carbocycles. The molecule has 45 heavy (non-hydrogen) atoms. The first-order chi connectivity index (χ1) is 21.0. The highest BCUT2D eigenvalue weighted by molar-refractivity contribution is 5.93. The number of rotatable bonds is 9. The third-order valence-corrected chi connectivity index (χ3v) is 7.86. The van der Waals surface area contributed by atoms with Crippen LogP contribution in [0.5, 0.6) is 5.75 Å². The largest absolute Gasteiger partial charge is 0.573 e. The monoisotopic (exact) mass is 648 g/mol. The van der Waals surface area contributed by atoms with Crippen molar-refractivity contribution in [3.05, 3.63) is 58.9 Å². The Kier molecular flexibility index (Phi) is 10.2. The van der Waals surface area contributed by atoms with Crippen LogP contribution in [0.25, 0.3) is 0 Å². The molecule has 2 fully saturated rings. The van der Waals surface area contributed by atoms with Gasteiger partial charge < -0.3 is 19.5 Å². The third kappa shape index (κ3) is 8.78. The summed E-state index contributed by atoms with van der Waals surface area (Å²) in [5, 5.41) is 2.70. The van der Waals surface area contributed by atoms with E-state index < -0.39 is 66.3 Å². The smallest absolute Gasteiger partial charge is 0.466 e. The lowest BCUT2D eigenvalue weighted by Gasteiger charge is -2.28. The van der Waals surface area contributed by atoms with Gasteiger partial charge in [0.25, 0.3) is 0 Å². The Bertz CT molecular complexity index is 1410. The Morgan fingerprint density at radius 2 is 1.71 bits per heavy atom. The molecule has 2 aliphatic rings. The van der Waals surface area contributed by atoms with Crippen molar-refractivity contribution in [1.29, 1.82) is 0 Å². The molecule has 1 heterocycles. The number of carbonyl (C=O) groups excluding carboxylic acids is 3. The normalized spacial score (nSPS) is 22.2. The fraction of sp³-hybridized carbons (Fsp3) is 0.500. The van der Waals surface area contributed by atoms with Crippen molar-refractivity contribution in [1.82, 2.24) is 4.90 Å². The SMILES string of the molecule is CCOC(=O)C[C@H]1CC[C@H](C(=O)Nc2ccc(OC(F)(F)F)cc2CN2C(=O)O[C@H](c3cc(F)cc(C(F)(F)F)c3)[C@@H]2C)CC1. The summed E-state index contributed by atoms with van der Waals surface area (Å²) >= 11 is 0. The molecule has 2 atom stereocenters. The molecular weight excluding hydrogens is 617 g/mol. The molecular formula is C30H31F7N2O6. The predicted molar refractivity (Wildman–Crippen MR) is 144 cm³/mol. The van der Waals surface area contributed by atoms with Gasteiger partial charge in [-0.05, 0) is 93.0 Å². The van der Waals surface area contributed by atoms with Crippen LogP contribution in [0.1, 0.15) is 68.7 Å². The predicted octanol–water partition coefficient (Wildman–Crippen LogP) is 7.52. The van der Waals surface area contributed by atoms with Crippen molar-refractivity contribution >= 4 is 23.7 Å². The van der Waals surface area contributed by atoms with E-state index in [1.807, 2.05) is 0 Å². The first kappa shape index (κ1) is 33.8. The maximum absolute atomic E-state index is 14.1. The van der Waals surface area contributed by atoms with Crippen molar-refractivity contribution < 1.29 is 59.3 Å². The summed E-state index contributed by atoms with van der Waals surface area (Å²) in [6.07, 6.45) is -9.89. The number of carbonyl (C=O) groups is 3. The number of cyclic esters (lactones) is 1. The molecule has 1 saturated heterocycles. The topological polar surface area (TPSA) is 94.2 Å². The van der Waals surface area contributed by atoms with E-state index >= 15 is 0 Å². The van der Waals surface area contributed by atoms with E-state index in [-0.39, 0.29) is 41.7 Å². The Morgan fingerprint density at radius 1 is 1.02 bits per heavy atom. The van der Waals surface area contributed by atoms with Crippen molar-refractivity contribution in [2.24, 2.45) is 11.8 Å². The maximum atomic E-state index is 14.1. The van der Waals surface area contributed by atoms with E-state index in [1.54, 1.807) is 6.92 Å². The molecule has 0 aromatic heterocycles. The van der Waals surface area contributed by atoms with Crippen molar-refractivity contribution in [3.63, 3.8) is 0 Å². The average molecular weight is 649 g/mol. The molecule has 8 nitrogen and oxygen atoms in total. The molecule has 15 heteroatoms. The van der Waals surface area contributed by atoms with E-state index in [4.69, 9.17) is 9.47 Å². The second-order valence-electron chi connectivity index (χ2n) is 11.0. The standard InChI is InChI=1S/C30H31F7N2O6/c1-3-43-25(40)10-17-4-6-18(7-5-17)27(41)38-24-9-8-23(45-30(35,36)37)13-20(24)15-39-16(2)26(44-28(39)42)19-11-21(29(32,33)34)14-22(31)12-19/h8-9,11-14,16-18,26H,3-7,10,15H2,1-2H3,(H,38,41)/t16-,17-,18-,26-/m0/s1. The minimum Gasteiger partial charge on any atom is -0.466 e. The van der Waals surface area contributed by atoms with Crippen LogP contribution in [0.4, 0.5) is 41.2 Å². The number of hydrogen-bond acceptors (Lipinski definition) is 6. The van der Waals surface area contributed by atoms with Crippen molar-refractivity contribution in [2.75, 3.05) is 11.9 Å². The molecule has 0 radical (unpaired) electrons. The van der Waals surface area contributed by atoms with Crippen LogP contribution in [0, 0.1) is 17.7 Å². The molecule has 246 valence electrons. The highest BCUT2D eigenvalue weighted by Gasteiger charge is 2.42. The van der Waals surface area contributed by atoms with Crippen molar-refractivity contribution in [3.8, 4) is 5.75 Å². The Morgan fingerprint density at radius 3 is 2.33 bits per heavy atom. The van der Waals surface area contributed by atoms with Gasteiger partial charge in [0, 0.05) is 18.0 Å². The summed E-state index contributed by atoms with van der Waals surface area (Å²) < 4.78 is 107. The average Bonchev–Trinajstić information content (AvgIpc) is 3.21. The van der Waals surface area contributed by atoms with Gasteiger partial charge in [-0.2, -0.15) is 13.2 Å². The fourth-order valence-electron chi connectivity index (χ4n) is 5.62. The van der Waals surface area contributed by atoms with Gasteiger partial charge in [-0.3, -0.25) is 14.5 Å². The van der Waals surface area contributed by atoms with Crippen molar-refractivity contribution in [2.45, 2.75) is 77.2 Å².